The van der Waals surface area contributed by atoms with E-state index in [2.05, 4.69) is 53.9 Å². The lowest BCUT2D eigenvalue weighted by Gasteiger charge is -2.24. The first-order chi connectivity index (χ1) is 8.25. The molecule has 1 aromatic carbocycles. The molecular weight excluding hydrogens is 210 g/mol. The number of hydrogen-bond acceptors (Lipinski definition) is 3. The van der Waals surface area contributed by atoms with Crippen LogP contribution < -0.4 is 15.5 Å². The van der Waals surface area contributed by atoms with Gasteiger partial charge >= 0.3 is 0 Å². The third-order valence-electron chi connectivity index (χ3n) is 3.33. The van der Waals surface area contributed by atoms with Crippen molar-refractivity contribution in [1.29, 1.82) is 0 Å². The first-order valence-electron chi connectivity index (χ1n) is 6.50. The molecule has 0 amide bonds. The number of nitrogens with one attached hydrogen (secondary N) is 2. The van der Waals surface area contributed by atoms with Gasteiger partial charge in [0.25, 0.3) is 0 Å². The molecule has 1 fully saturated rings. The Morgan fingerprint density at radius 3 is 2.94 bits per heavy atom. The van der Waals surface area contributed by atoms with E-state index in [4.69, 9.17) is 0 Å². The van der Waals surface area contributed by atoms with Crippen LogP contribution in [0.15, 0.2) is 24.3 Å². The molecule has 1 atom stereocenters. The Hall–Kier alpha value is -1.22. The zero-order chi connectivity index (χ0) is 12.1. The van der Waals surface area contributed by atoms with Crippen LogP contribution in [0, 0.1) is 0 Å². The van der Waals surface area contributed by atoms with Gasteiger partial charge in [-0.2, -0.15) is 0 Å². The Balaban J connectivity index is 1.87. The maximum absolute atomic E-state index is 3.55. The summed E-state index contributed by atoms with van der Waals surface area (Å²) in [6.45, 7) is 2.20. The lowest BCUT2D eigenvalue weighted by Crippen LogP contribution is -2.39. The smallest absolute Gasteiger partial charge is 0.0381 e. The summed E-state index contributed by atoms with van der Waals surface area (Å²) in [7, 11) is 4.14. The molecule has 0 aliphatic carbocycles. The van der Waals surface area contributed by atoms with Crippen LogP contribution in [0.3, 0.4) is 0 Å². The summed E-state index contributed by atoms with van der Waals surface area (Å²) in [5.41, 5.74) is 2.45. The van der Waals surface area contributed by atoms with Crippen molar-refractivity contribution in [3.8, 4) is 0 Å². The Kier molecular flexibility index (Phi) is 4.26. The topological polar surface area (TPSA) is 27.3 Å². The van der Waals surface area contributed by atoms with Crippen molar-refractivity contribution >= 4 is 11.4 Å². The summed E-state index contributed by atoms with van der Waals surface area (Å²) in [6.07, 6.45) is 3.98. The van der Waals surface area contributed by atoms with E-state index in [0.29, 0.717) is 6.04 Å². The van der Waals surface area contributed by atoms with Crippen molar-refractivity contribution < 1.29 is 0 Å². The van der Waals surface area contributed by atoms with E-state index < -0.39 is 0 Å². The molecule has 2 rings (SSSR count). The molecule has 0 saturated carbocycles. The van der Waals surface area contributed by atoms with Gasteiger partial charge in [0.2, 0.25) is 0 Å². The molecule has 0 radical (unpaired) electrons. The predicted octanol–water partition coefficient (Wildman–Crippen LogP) is 2.31. The maximum atomic E-state index is 3.55. The first kappa shape index (κ1) is 12.2. The number of piperidine rings is 1. The van der Waals surface area contributed by atoms with Crippen LogP contribution in [0.4, 0.5) is 11.4 Å². The molecule has 94 valence electrons. The highest BCUT2D eigenvalue weighted by Gasteiger charge is 2.11. The molecule has 2 N–H and O–H groups in total. The van der Waals surface area contributed by atoms with Crippen LogP contribution in [0.25, 0.3) is 0 Å². The number of hydrogen-bond donors (Lipinski definition) is 2. The molecule has 0 aromatic heterocycles. The normalized spacial score (nSPS) is 20.0. The van der Waals surface area contributed by atoms with Gasteiger partial charge < -0.3 is 15.5 Å². The quantitative estimate of drug-likeness (QED) is 0.835. The third-order valence-corrected chi connectivity index (χ3v) is 3.33. The lowest BCUT2D eigenvalue weighted by molar-refractivity contribution is 0.414. The van der Waals surface area contributed by atoms with E-state index in [1.165, 1.54) is 37.2 Å². The monoisotopic (exact) mass is 233 g/mol. The summed E-state index contributed by atoms with van der Waals surface area (Å²) in [4.78, 5) is 2.13. The predicted molar refractivity (Wildman–Crippen MR) is 74.9 cm³/mol. The second-order valence-electron chi connectivity index (χ2n) is 4.97. The Bertz CT molecular complexity index is 343. The van der Waals surface area contributed by atoms with Crippen LogP contribution in [-0.4, -0.2) is 33.2 Å². The van der Waals surface area contributed by atoms with Crippen LogP contribution in [0.1, 0.15) is 19.3 Å². The molecule has 0 spiro atoms. The molecule has 1 aliphatic rings. The Labute approximate surface area is 104 Å². The molecule has 17 heavy (non-hydrogen) atoms. The summed E-state index contributed by atoms with van der Waals surface area (Å²) >= 11 is 0. The van der Waals surface area contributed by atoms with Gasteiger partial charge in [0, 0.05) is 38.1 Å². The molecule has 0 bridgehead atoms. The summed E-state index contributed by atoms with van der Waals surface area (Å²) in [5.74, 6) is 0. The fourth-order valence-corrected chi connectivity index (χ4v) is 2.23. The second-order valence-corrected chi connectivity index (χ2v) is 4.97. The number of anilines is 2. The number of nitrogens with zero attached hydrogens (tertiary/aromatic N) is 1. The minimum atomic E-state index is 0.631. The van der Waals surface area contributed by atoms with E-state index in [1.54, 1.807) is 0 Å². The second kappa shape index (κ2) is 5.92. The maximum Gasteiger partial charge on any atom is 0.0381 e. The average Bonchev–Trinajstić information content (AvgIpc) is 2.38. The Morgan fingerprint density at radius 2 is 2.24 bits per heavy atom. The molecule has 1 aromatic rings. The summed E-state index contributed by atoms with van der Waals surface area (Å²) < 4.78 is 0. The summed E-state index contributed by atoms with van der Waals surface area (Å²) in [6, 6.07) is 9.20. The highest BCUT2D eigenvalue weighted by Crippen LogP contribution is 2.17. The minimum absolute atomic E-state index is 0.631. The van der Waals surface area contributed by atoms with E-state index in [1.807, 2.05) is 0 Å². The Morgan fingerprint density at radius 1 is 1.35 bits per heavy atom. The SMILES string of the molecule is CN(C)c1cccc(NCC2CCCCN2)c1. The summed E-state index contributed by atoms with van der Waals surface area (Å²) in [5, 5.41) is 7.07. The molecule has 1 unspecified atom stereocenters. The fourth-order valence-electron chi connectivity index (χ4n) is 2.23. The molecule has 1 heterocycles. The van der Waals surface area contributed by atoms with Crippen molar-refractivity contribution in [1.82, 2.24) is 5.32 Å². The number of rotatable bonds is 4. The van der Waals surface area contributed by atoms with Gasteiger partial charge in [-0.05, 0) is 37.6 Å². The standard InChI is InChI=1S/C14H23N3/c1-17(2)14-8-5-7-12(10-14)16-11-13-6-3-4-9-15-13/h5,7-8,10,13,15-16H,3-4,6,9,11H2,1-2H3. The zero-order valence-electron chi connectivity index (χ0n) is 10.9. The van der Waals surface area contributed by atoms with E-state index in [9.17, 15) is 0 Å². The lowest BCUT2D eigenvalue weighted by atomic mass is 10.1. The highest BCUT2D eigenvalue weighted by atomic mass is 15.1. The van der Waals surface area contributed by atoms with E-state index in [-0.39, 0.29) is 0 Å². The molecule has 1 aliphatic heterocycles. The largest absolute Gasteiger partial charge is 0.383 e. The van der Waals surface area contributed by atoms with Crippen LogP contribution in [-0.2, 0) is 0 Å². The molecule has 3 heteroatoms. The van der Waals surface area contributed by atoms with Gasteiger partial charge in [-0.15, -0.1) is 0 Å². The highest BCUT2D eigenvalue weighted by molar-refractivity contribution is 5.57. The fraction of sp³-hybridized carbons (Fsp3) is 0.571. The van der Waals surface area contributed by atoms with Crippen LogP contribution in [0.2, 0.25) is 0 Å². The van der Waals surface area contributed by atoms with Crippen LogP contribution >= 0.6 is 0 Å². The van der Waals surface area contributed by atoms with Gasteiger partial charge in [-0.1, -0.05) is 12.5 Å². The van der Waals surface area contributed by atoms with E-state index >= 15 is 0 Å². The average molecular weight is 233 g/mol. The van der Waals surface area contributed by atoms with E-state index in [0.717, 1.165) is 6.54 Å². The van der Waals surface area contributed by atoms with Gasteiger partial charge in [0.15, 0.2) is 0 Å². The van der Waals surface area contributed by atoms with Gasteiger partial charge in [0.05, 0.1) is 0 Å². The zero-order valence-corrected chi connectivity index (χ0v) is 10.9. The van der Waals surface area contributed by atoms with Crippen molar-refractivity contribution in [2.75, 3.05) is 37.4 Å². The van der Waals surface area contributed by atoms with Crippen LogP contribution in [0.5, 0.6) is 0 Å². The van der Waals surface area contributed by atoms with Crippen molar-refractivity contribution in [3.05, 3.63) is 24.3 Å². The van der Waals surface area contributed by atoms with Gasteiger partial charge in [-0.25, -0.2) is 0 Å². The molecule has 1 saturated heterocycles. The van der Waals surface area contributed by atoms with Crippen molar-refractivity contribution in [2.24, 2.45) is 0 Å². The van der Waals surface area contributed by atoms with Crippen molar-refractivity contribution in [3.63, 3.8) is 0 Å². The van der Waals surface area contributed by atoms with Gasteiger partial charge in [0.1, 0.15) is 0 Å². The minimum Gasteiger partial charge on any atom is -0.383 e. The molecule has 3 nitrogen and oxygen atoms in total. The first-order valence-corrected chi connectivity index (χ1v) is 6.50. The molecular formula is C14H23N3. The van der Waals surface area contributed by atoms with Crippen molar-refractivity contribution in [2.45, 2.75) is 25.3 Å². The third kappa shape index (κ3) is 3.63. The van der Waals surface area contributed by atoms with Gasteiger partial charge in [-0.3, -0.25) is 0 Å². The number of benzene rings is 1.